The average Bonchev–Trinajstić information content (AvgIpc) is 2.31. The van der Waals surface area contributed by atoms with Crippen molar-refractivity contribution < 1.29 is 5.11 Å². The van der Waals surface area contributed by atoms with E-state index in [1.165, 1.54) is 6.42 Å². The van der Waals surface area contributed by atoms with Crippen molar-refractivity contribution in [3.05, 3.63) is 0 Å². The molecule has 3 unspecified atom stereocenters. The van der Waals surface area contributed by atoms with Crippen molar-refractivity contribution in [2.45, 2.75) is 32.8 Å². The highest BCUT2D eigenvalue weighted by Crippen LogP contribution is 2.43. The number of hydrogen-bond donors (Lipinski definition) is 2. The SMILES string of the molecule is CC1(C)CC(O)C2CNCC2C1. The molecule has 70 valence electrons. The first-order valence-electron chi connectivity index (χ1n) is 4.97. The smallest absolute Gasteiger partial charge is 0.0588 e. The second-order valence-electron chi connectivity index (χ2n) is 5.22. The number of aliphatic hydroxyl groups is 1. The molecular weight excluding hydrogens is 150 g/mol. The van der Waals surface area contributed by atoms with Gasteiger partial charge in [-0.05, 0) is 30.7 Å². The molecule has 0 amide bonds. The Morgan fingerprint density at radius 2 is 2.00 bits per heavy atom. The monoisotopic (exact) mass is 169 g/mol. The fourth-order valence-electron chi connectivity index (χ4n) is 2.94. The van der Waals surface area contributed by atoms with Gasteiger partial charge in [0.1, 0.15) is 0 Å². The Morgan fingerprint density at radius 1 is 1.25 bits per heavy atom. The molecule has 3 atom stereocenters. The standard InChI is InChI=1S/C10H19NO/c1-10(2)3-7-5-11-6-8(7)9(12)4-10/h7-9,11-12H,3-6H2,1-2H3. The summed E-state index contributed by atoms with van der Waals surface area (Å²) in [4.78, 5) is 0. The minimum Gasteiger partial charge on any atom is -0.393 e. The number of rotatable bonds is 0. The van der Waals surface area contributed by atoms with Crippen LogP contribution in [0.4, 0.5) is 0 Å². The molecule has 1 aliphatic heterocycles. The van der Waals surface area contributed by atoms with Gasteiger partial charge in [-0.1, -0.05) is 13.8 Å². The van der Waals surface area contributed by atoms with E-state index in [0.29, 0.717) is 11.3 Å². The molecule has 2 heteroatoms. The summed E-state index contributed by atoms with van der Waals surface area (Å²) >= 11 is 0. The van der Waals surface area contributed by atoms with Gasteiger partial charge in [0, 0.05) is 12.5 Å². The normalized spacial score (nSPS) is 45.8. The van der Waals surface area contributed by atoms with E-state index in [1.807, 2.05) is 0 Å². The molecule has 1 aliphatic carbocycles. The zero-order valence-electron chi connectivity index (χ0n) is 8.01. The molecule has 2 aliphatic rings. The molecule has 1 saturated heterocycles. The number of nitrogens with one attached hydrogen (secondary N) is 1. The van der Waals surface area contributed by atoms with Crippen molar-refractivity contribution in [1.29, 1.82) is 0 Å². The van der Waals surface area contributed by atoms with Gasteiger partial charge in [0.05, 0.1) is 6.10 Å². The Morgan fingerprint density at radius 3 is 2.75 bits per heavy atom. The minimum absolute atomic E-state index is 0.0613. The molecule has 2 rings (SSSR count). The van der Waals surface area contributed by atoms with Crippen LogP contribution in [0, 0.1) is 17.3 Å². The highest BCUT2D eigenvalue weighted by atomic mass is 16.3. The molecule has 0 aromatic heterocycles. The van der Waals surface area contributed by atoms with Gasteiger partial charge >= 0.3 is 0 Å². The van der Waals surface area contributed by atoms with Crippen LogP contribution >= 0.6 is 0 Å². The lowest BCUT2D eigenvalue weighted by Crippen LogP contribution is -2.39. The van der Waals surface area contributed by atoms with Crippen LogP contribution in [0.15, 0.2) is 0 Å². The topological polar surface area (TPSA) is 32.3 Å². The molecule has 0 aromatic rings. The third-order valence-electron chi connectivity index (χ3n) is 3.46. The van der Waals surface area contributed by atoms with Crippen LogP contribution in [0.5, 0.6) is 0 Å². The Labute approximate surface area is 74.4 Å². The van der Waals surface area contributed by atoms with Crippen molar-refractivity contribution in [2.75, 3.05) is 13.1 Å². The second kappa shape index (κ2) is 2.71. The molecule has 0 spiro atoms. The maximum Gasteiger partial charge on any atom is 0.0588 e. The van der Waals surface area contributed by atoms with Crippen LogP contribution in [-0.2, 0) is 0 Å². The van der Waals surface area contributed by atoms with Gasteiger partial charge in [0.2, 0.25) is 0 Å². The molecule has 0 radical (unpaired) electrons. The molecule has 0 bridgehead atoms. The van der Waals surface area contributed by atoms with Crippen molar-refractivity contribution in [1.82, 2.24) is 5.32 Å². The van der Waals surface area contributed by atoms with Gasteiger partial charge < -0.3 is 10.4 Å². The summed E-state index contributed by atoms with van der Waals surface area (Å²) in [5.41, 5.74) is 0.354. The van der Waals surface area contributed by atoms with E-state index in [1.54, 1.807) is 0 Å². The Kier molecular flexibility index (Phi) is 1.92. The average molecular weight is 169 g/mol. The van der Waals surface area contributed by atoms with Crippen LogP contribution < -0.4 is 5.32 Å². The van der Waals surface area contributed by atoms with E-state index in [-0.39, 0.29) is 6.10 Å². The molecule has 12 heavy (non-hydrogen) atoms. The summed E-state index contributed by atoms with van der Waals surface area (Å²) in [7, 11) is 0. The summed E-state index contributed by atoms with van der Waals surface area (Å²) < 4.78 is 0. The maximum atomic E-state index is 9.87. The van der Waals surface area contributed by atoms with Gasteiger partial charge in [-0.2, -0.15) is 0 Å². The highest BCUT2D eigenvalue weighted by molar-refractivity contribution is 4.95. The predicted octanol–water partition coefficient (Wildman–Crippen LogP) is 1.00. The summed E-state index contributed by atoms with van der Waals surface area (Å²) in [5, 5.41) is 13.2. The largest absolute Gasteiger partial charge is 0.393 e. The third-order valence-corrected chi connectivity index (χ3v) is 3.46. The fraction of sp³-hybridized carbons (Fsp3) is 1.00. The summed E-state index contributed by atoms with van der Waals surface area (Å²) in [6.07, 6.45) is 2.20. The number of fused-ring (bicyclic) bond motifs is 1. The first-order valence-corrected chi connectivity index (χ1v) is 4.97. The molecular formula is C10H19NO. The molecule has 2 nitrogen and oxygen atoms in total. The lowest BCUT2D eigenvalue weighted by molar-refractivity contribution is -0.00132. The maximum absolute atomic E-state index is 9.87. The van der Waals surface area contributed by atoms with Crippen LogP contribution in [0.1, 0.15) is 26.7 Å². The first kappa shape index (κ1) is 8.52. The number of hydrogen-bond acceptors (Lipinski definition) is 2. The Bertz CT molecular complexity index is 179. The highest BCUT2D eigenvalue weighted by Gasteiger charge is 2.42. The van der Waals surface area contributed by atoms with E-state index in [4.69, 9.17) is 0 Å². The van der Waals surface area contributed by atoms with Crippen molar-refractivity contribution >= 4 is 0 Å². The van der Waals surface area contributed by atoms with Gasteiger partial charge in [-0.15, -0.1) is 0 Å². The zero-order chi connectivity index (χ0) is 8.77. The quantitative estimate of drug-likeness (QED) is 0.567. The molecule has 2 fully saturated rings. The van der Waals surface area contributed by atoms with E-state index >= 15 is 0 Å². The fourth-order valence-corrected chi connectivity index (χ4v) is 2.94. The molecule has 1 heterocycles. The van der Waals surface area contributed by atoms with Crippen molar-refractivity contribution in [3.8, 4) is 0 Å². The zero-order valence-corrected chi connectivity index (χ0v) is 8.01. The minimum atomic E-state index is -0.0613. The van der Waals surface area contributed by atoms with Crippen LogP contribution in [0.2, 0.25) is 0 Å². The lowest BCUT2D eigenvalue weighted by Gasteiger charge is -2.40. The van der Waals surface area contributed by atoms with Gasteiger partial charge in [0.25, 0.3) is 0 Å². The van der Waals surface area contributed by atoms with Gasteiger partial charge in [-0.25, -0.2) is 0 Å². The second-order valence-corrected chi connectivity index (χ2v) is 5.22. The van der Waals surface area contributed by atoms with Gasteiger partial charge in [-0.3, -0.25) is 0 Å². The molecule has 0 aromatic carbocycles. The van der Waals surface area contributed by atoms with Gasteiger partial charge in [0.15, 0.2) is 0 Å². The van der Waals surface area contributed by atoms with Crippen LogP contribution in [-0.4, -0.2) is 24.3 Å². The van der Waals surface area contributed by atoms with Crippen molar-refractivity contribution in [2.24, 2.45) is 17.3 Å². The van der Waals surface area contributed by atoms with E-state index in [2.05, 4.69) is 19.2 Å². The van der Waals surface area contributed by atoms with E-state index in [0.717, 1.165) is 25.4 Å². The van der Waals surface area contributed by atoms with E-state index < -0.39 is 0 Å². The lowest BCUT2D eigenvalue weighted by atomic mass is 9.67. The first-order chi connectivity index (χ1) is 5.58. The van der Waals surface area contributed by atoms with Crippen LogP contribution in [0.3, 0.4) is 0 Å². The summed E-state index contributed by atoms with van der Waals surface area (Å²) in [6, 6.07) is 0. The van der Waals surface area contributed by atoms with E-state index in [9.17, 15) is 5.11 Å². The van der Waals surface area contributed by atoms with Crippen molar-refractivity contribution in [3.63, 3.8) is 0 Å². The Hall–Kier alpha value is -0.0800. The summed E-state index contributed by atoms with van der Waals surface area (Å²) in [6.45, 7) is 6.68. The van der Waals surface area contributed by atoms with Crippen LogP contribution in [0.25, 0.3) is 0 Å². The molecule has 2 N–H and O–H groups in total. The molecule has 1 saturated carbocycles. The Balaban J connectivity index is 2.10. The predicted molar refractivity (Wildman–Crippen MR) is 48.9 cm³/mol. The summed E-state index contributed by atoms with van der Waals surface area (Å²) in [5.74, 6) is 1.27. The third kappa shape index (κ3) is 1.38. The number of aliphatic hydroxyl groups excluding tert-OH is 1.